The van der Waals surface area contributed by atoms with Crippen LogP contribution < -0.4 is 21.3 Å². The molecule has 0 aliphatic rings. The van der Waals surface area contributed by atoms with Crippen molar-refractivity contribution in [3.63, 3.8) is 0 Å². The van der Waals surface area contributed by atoms with Crippen molar-refractivity contribution in [3.05, 3.63) is 0 Å². The summed E-state index contributed by atoms with van der Waals surface area (Å²) in [6.45, 7) is 22.7. The van der Waals surface area contributed by atoms with Gasteiger partial charge in [-0.25, -0.2) is 0 Å². The second-order valence-corrected chi connectivity index (χ2v) is 17.6. The van der Waals surface area contributed by atoms with Crippen molar-refractivity contribution in [1.82, 2.24) is 40.9 Å². The van der Waals surface area contributed by atoms with E-state index in [0.29, 0.717) is 12.2 Å². The molecule has 0 spiro atoms. The molecular formula is C41H78N8O8S. The Kier molecular flexibility index (Phi) is 25.0. The van der Waals surface area contributed by atoms with Crippen molar-refractivity contribution in [2.45, 2.75) is 149 Å². The number of likely N-dealkylation sites (N-methyl/N-ethyl adjacent to an activating group) is 4. The molecule has 0 aromatic rings. The van der Waals surface area contributed by atoms with E-state index in [2.05, 4.69) is 40.0 Å². The summed E-state index contributed by atoms with van der Waals surface area (Å²) in [6, 6.07) is -5.03. The summed E-state index contributed by atoms with van der Waals surface area (Å²) in [6.07, 6.45) is 2.03. The third kappa shape index (κ3) is 17.8. The van der Waals surface area contributed by atoms with E-state index in [1.54, 1.807) is 34.7 Å². The Morgan fingerprint density at radius 2 is 1.22 bits per heavy atom. The molecule has 0 heterocycles. The molecule has 0 rings (SSSR count). The topological polar surface area (TPSA) is 190 Å². The number of nitrogens with zero attached hydrogens (tertiary/aromatic N) is 4. The van der Waals surface area contributed by atoms with Crippen LogP contribution in [-0.4, -0.2) is 163 Å². The highest BCUT2D eigenvalue weighted by Crippen LogP contribution is 2.25. The number of nitrogens with one attached hydrogen (secondary N) is 4. The quantitative estimate of drug-likeness (QED) is 0.0707. The molecule has 0 radical (unpaired) electrons. The molecule has 0 saturated carbocycles. The molecule has 16 nitrogen and oxygen atoms in total. The fraction of sp³-hybridized carbons (Fsp3) is 0.829. The van der Waals surface area contributed by atoms with Crippen LogP contribution in [0.4, 0.5) is 0 Å². The van der Waals surface area contributed by atoms with Crippen molar-refractivity contribution in [2.75, 3.05) is 60.7 Å². The summed E-state index contributed by atoms with van der Waals surface area (Å²) < 4.78 is 5.71. The summed E-state index contributed by atoms with van der Waals surface area (Å²) in [5.41, 5.74) is -0.859. The normalized spacial score (nSPS) is 14.8. The number of hydrogen-bond donors (Lipinski definition) is 4. The van der Waals surface area contributed by atoms with Crippen LogP contribution in [0.2, 0.25) is 0 Å². The maximum Gasteiger partial charge on any atom is 0.256 e. The van der Waals surface area contributed by atoms with Crippen molar-refractivity contribution in [1.29, 1.82) is 0 Å². The van der Waals surface area contributed by atoms with Gasteiger partial charge in [-0.2, -0.15) is 0 Å². The fourth-order valence-electron chi connectivity index (χ4n) is 6.19. The largest absolute Gasteiger partial charge is 0.379 e. The first-order chi connectivity index (χ1) is 26.9. The molecule has 0 bridgehead atoms. The van der Waals surface area contributed by atoms with Crippen LogP contribution in [0.5, 0.6) is 0 Å². The Hall–Kier alpha value is -3.44. The van der Waals surface area contributed by atoms with Crippen molar-refractivity contribution in [2.24, 2.45) is 11.8 Å². The summed E-state index contributed by atoms with van der Waals surface area (Å²) >= 11 is 1.37. The molecule has 0 aliphatic heterocycles. The van der Waals surface area contributed by atoms with Gasteiger partial charge >= 0.3 is 0 Å². The van der Waals surface area contributed by atoms with E-state index in [4.69, 9.17) is 4.74 Å². The number of ether oxygens (including phenoxy) is 1. The molecule has 0 fully saturated rings. The van der Waals surface area contributed by atoms with Crippen LogP contribution >= 0.6 is 11.8 Å². The Morgan fingerprint density at radius 1 is 0.707 bits per heavy atom. The number of carbonyl (C=O) groups excluding carboxylic acids is 7. The lowest BCUT2D eigenvalue weighted by atomic mass is 9.95. The monoisotopic (exact) mass is 843 g/mol. The minimum absolute atomic E-state index is 0.0267. The number of carbonyl (C=O) groups is 7. The SMILES string of the molecule is CCCC(=O)N(C)[C@H](SCCCN(CC)CC)C(=O)N(C)[C@@H](CC(C)(C)OC)C(=O)N[C@H](C(=O)N(C)[C@@H](CC(C)C)C(=O)N[C@H](C)C(=O)N[C@H](C)C(=O)NC)C(C)C. The number of amides is 7. The summed E-state index contributed by atoms with van der Waals surface area (Å²) in [5.74, 6) is -3.09. The van der Waals surface area contributed by atoms with Gasteiger partial charge in [0.1, 0.15) is 30.2 Å². The first-order valence-electron chi connectivity index (χ1n) is 20.8. The molecule has 7 amide bonds. The first-order valence-corrected chi connectivity index (χ1v) is 21.8. The van der Waals surface area contributed by atoms with Gasteiger partial charge in [-0.15, -0.1) is 11.8 Å². The maximum atomic E-state index is 14.4. The molecule has 4 N–H and O–H groups in total. The van der Waals surface area contributed by atoms with Crippen LogP contribution in [0.25, 0.3) is 0 Å². The van der Waals surface area contributed by atoms with Gasteiger partial charge in [0.05, 0.1) is 5.60 Å². The molecule has 58 heavy (non-hydrogen) atoms. The van der Waals surface area contributed by atoms with Gasteiger partial charge in [-0.3, -0.25) is 33.6 Å². The molecule has 0 saturated heterocycles. The highest BCUT2D eigenvalue weighted by atomic mass is 32.2. The summed E-state index contributed by atoms with van der Waals surface area (Å²) in [7, 11) is 7.61. The van der Waals surface area contributed by atoms with Gasteiger partial charge in [0, 0.05) is 48.1 Å². The Balaban J connectivity index is 6.61. The zero-order valence-corrected chi connectivity index (χ0v) is 39.3. The van der Waals surface area contributed by atoms with Gasteiger partial charge in [0.15, 0.2) is 5.37 Å². The lowest BCUT2D eigenvalue weighted by Crippen LogP contribution is -2.61. The van der Waals surface area contributed by atoms with E-state index >= 15 is 0 Å². The fourth-order valence-corrected chi connectivity index (χ4v) is 7.36. The molecular weight excluding hydrogens is 765 g/mol. The smallest absolute Gasteiger partial charge is 0.256 e. The molecule has 6 atom stereocenters. The zero-order valence-electron chi connectivity index (χ0n) is 38.4. The van der Waals surface area contributed by atoms with Gasteiger partial charge in [-0.05, 0) is 84.2 Å². The van der Waals surface area contributed by atoms with E-state index < -0.39 is 82.5 Å². The highest BCUT2D eigenvalue weighted by molar-refractivity contribution is 8.00. The van der Waals surface area contributed by atoms with E-state index in [1.165, 1.54) is 68.6 Å². The molecule has 336 valence electrons. The van der Waals surface area contributed by atoms with Crippen molar-refractivity contribution in [3.8, 4) is 0 Å². The lowest BCUT2D eigenvalue weighted by molar-refractivity contribution is -0.148. The van der Waals surface area contributed by atoms with Gasteiger partial charge in [-0.1, -0.05) is 48.5 Å². The number of hydrogen-bond acceptors (Lipinski definition) is 10. The first kappa shape index (κ1) is 54.6. The third-order valence-electron chi connectivity index (χ3n) is 10.4. The van der Waals surface area contributed by atoms with Crippen LogP contribution in [0.3, 0.4) is 0 Å². The summed E-state index contributed by atoms with van der Waals surface area (Å²) in [5, 5.41) is 9.72. The van der Waals surface area contributed by atoms with Crippen LogP contribution in [0, 0.1) is 11.8 Å². The van der Waals surface area contributed by atoms with Crippen LogP contribution in [0.15, 0.2) is 0 Å². The van der Waals surface area contributed by atoms with E-state index in [-0.39, 0.29) is 31.1 Å². The Morgan fingerprint density at radius 3 is 1.71 bits per heavy atom. The van der Waals surface area contributed by atoms with E-state index in [1.807, 2.05) is 20.8 Å². The molecule has 0 aromatic carbocycles. The van der Waals surface area contributed by atoms with E-state index in [9.17, 15) is 33.6 Å². The number of thioether (sulfide) groups is 1. The van der Waals surface area contributed by atoms with Crippen molar-refractivity contribution < 1.29 is 38.3 Å². The third-order valence-corrected chi connectivity index (χ3v) is 11.7. The molecule has 17 heteroatoms. The van der Waals surface area contributed by atoms with Crippen LogP contribution in [0.1, 0.15) is 108 Å². The van der Waals surface area contributed by atoms with Gasteiger partial charge < -0.3 is 45.6 Å². The lowest BCUT2D eigenvalue weighted by Gasteiger charge is -2.38. The van der Waals surface area contributed by atoms with E-state index in [0.717, 1.165) is 26.1 Å². The van der Waals surface area contributed by atoms with Gasteiger partial charge in [0.25, 0.3) is 5.91 Å². The Bertz CT molecular complexity index is 1340. The number of methoxy groups -OCH3 is 1. The second-order valence-electron chi connectivity index (χ2n) is 16.4. The Labute approximate surface area is 353 Å². The molecule has 0 aliphatic carbocycles. The molecule has 0 unspecified atom stereocenters. The van der Waals surface area contributed by atoms with Crippen LogP contribution in [-0.2, 0) is 38.3 Å². The second kappa shape index (κ2) is 26.6. The predicted molar refractivity (Wildman–Crippen MR) is 231 cm³/mol. The predicted octanol–water partition coefficient (Wildman–Crippen LogP) is 2.45. The zero-order chi connectivity index (χ0) is 45.1. The summed E-state index contributed by atoms with van der Waals surface area (Å²) in [4.78, 5) is 101. The molecule has 0 aromatic heterocycles. The standard InChI is InChI=1S/C41H78N8O8S/c1-17-21-32(50)48(15)40(58-23-20-22-49(18-2)19-3)39(56)47(14)31(25-41(10,11)57-16)37(54)45-33(27(6)7)38(55)46(13)30(24-26(4)5)36(53)44-29(9)35(52)43-28(8)34(51)42-12/h26-31,33,40H,17-25H2,1-16H3,(H,42,51)(H,43,52)(H,44,53)(H,45,54)/t28-,29-,30+,31+,33+,40-/m1/s1. The average molecular weight is 843 g/mol. The maximum absolute atomic E-state index is 14.4. The average Bonchev–Trinajstić information content (AvgIpc) is 3.17. The minimum atomic E-state index is -1.10. The highest BCUT2D eigenvalue weighted by Gasteiger charge is 2.41. The number of rotatable bonds is 27. The van der Waals surface area contributed by atoms with Crippen molar-refractivity contribution >= 4 is 53.1 Å². The minimum Gasteiger partial charge on any atom is -0.379 e. The van der Waals surface area contributed by atoms with Gasteiger partial charge in [0.2, 0.25) is 35.4 Å².